The number of carboxylic acid groups (broad SMARTS) is 2. The average Bonchev–Trinajstić information content (AvgIpc) is 2.74. The Morgan fingerprint density at radius 2 is 1.25 bits per heavy atom. The average molecular weight is 492 g/mol. The molecule has 2 N–H and O–H groups in total. The molecular weight excluding hydrogens is 473 g/mol. The second-order valence-electron chi connectivity index (χ2n) is 7.19. The summed E-state index contributed by atoms with van der Waals surface area (Å²) in [5.41, 5.74) is -1.59. The van der Waals surface area contributed by atoms with Crippen molar-refractivity contribution in [2.45, 2.75) is 23.9 Å². The van der Waals surface area contributed by atoms with Crippen molar-refractivity contribution < 1.29 is 51.3 Å². The van der Waals surface area contributed by atoms with Crippen LogP contribution in [0.15, 0.2) is 53.4 Å². The minimum Gasteiger partial charge on any atom is -0.480 e. The summed E-state index contributed by atoms with van der Waals surface area (Å²) in [5.74, 6) is -3.22. The number of carboxylic acids is 2. The summed E-state index contributed by atoms with van der Waals surface area (Å²) in [6, 6.07) is 10.4. The Hall–Kier alpha value is -2.66. The maximum absolute atomic E-state index is 12.2. The van der Waals surface area contributed by atoms with Gasteiger partial charge in [-0.1, -0.05) is 36.4 Å². The van der Waals surface area contributed by atoms with E-state index in [4.69, 9.17) is 0 Å². The highest BCUT2D eigenvalue weighted by atomic mass is 32.2. The first-order valence-electron chi connectivity index (χ1n) is 8.88. The van der Waals surface area contributed by atoms with E-state index in [-0.39, 0.29) is 16.0 Å². The van der Waals surface area contributed by atoms with Crippen LogP contribution in [0.1, 0.15) is 16.7 Å². The summed E-state index contributed by atoms with van der Waals surface area (Å²) in [6.45, 7) is 0. The third-order valence-electron chi connectivity index (χ3n) is 4.79. The van der Waals surface area contributed by atoms with Crippen LogP contribution in [-0.4, -0.2) is 36.8 Å². The number of rotatable bonds is 11. The third-order valence-corrected chi connectivity index (χ3v) is 7.09. The summed E-state index contributed by atoms with van der Waals surface area (Å²) >= 11 is 0. The molecule has 9 nitrogen and oxygen atoms in total. The number of benzene rings is 2. The van der Waals surface area contributed by atoms with Crippen LogP contribution in [0.25, 0.3) is 0 Å². The van der Waals surface area contributed by atoms with Gasteiger partial charge < -0.3 is 10.2 Å². The Labute approximate surface area is 181 Å². The Morgan fingerprint density at radius 3 is 1.59 bits per heavy atom. The van der Waals surface area contributed by atoms with Gasteiger partial charge in [-0.15, -0.1) is 9.46 Å². The monoisotopic (exact) mass is 492 g/mol. The van der Waals surface area contributed by atoms with Gasteiger partial charge in [-0.05, 0) is 50.7 Å². The quantitative estimate of drug-likeness (QED) is 0.355. The minimum atomic E-state index is -4.62. The number of sulfone groups is 1. The molecule has 0 saturated carbocycles. The van der Waals surface area contributed by atoms with Gasteiger partial charge >= 0.3 is 19.5 Å². The van der Waals surface area contributed by atoms with Crippen molar-refractivity contribution >= 4 is 29.4 Å². The van der Waals surface area contributed by atoms with Crippen molar-refractivity contribution in [2.75, 3.05) is 6.26 Å². The molecule has 0 aliphatic rings. The molecule has 0 fully saturated rings. The molecule has 0 aliphatic heterocycles. The molecule has 0 aromatic heterocycles. The molecule has 2 aromatic rings. The van der Waals surface area contributed by atoms with Gasteiger partial charge in [0, 0.05) is 6.26 Å². The summed E-state index contributed by atoms with van der Waals surface area (Å²) in [6.07, 6.45) is -0.634. The van der Waals surface area contributed by atoms with Crippen LogP contribution in [0.3, 0.4) is 0 Å². The first-order chi connectivity index (χ1) is 14.8. The number of aliphatic carboxylic acids is 2. The maximum atomic E-state index is 12.2. The van der Waals surface area contributed by atoms with E-state index < -0.39 is 53.8 Å². The lowest BCUT2D eigenvalue weighted by Crippen LogP contribution is -2.43. The molecule has 0 saturated heterocycles. The van der Waals surface area contributed by atoms with E-state index in [1.54, 1.807) is 0 Å². The van der Waals surface area contributed by atoms with Gasteiger partial charge in [0.15, 0.2) is 15.3 Å². The lowest BCUT2D eigenvalue weighted by molar-refractivity contribution is -0.164. The Bertz CT molecular complexity index is 1110. The zero-order valence-corrected chi connectivity index (χ0v) is 18.3. The van der Waals surface area contributed by atoms with Crippen molar-refractivity contribution in [1.82, 2.24) is 0 Å². The molecular formula is C19H19F2O9PS. The molecule has 174 valence electrons. The van der Waals surface area contributed by atoms with E-state index >= 15 is 0 Å². The zero-order valence-electron chi connectivity index (χ0n) is 16.6. The highest BCUT2D eigenvalue weighted by molar-refractivity contribution is 7.90. The summed E-state index contributed by atoms with van der Waals surface area (Å²) in [4.78, 5) is 24.0. The van der Waals surface area contributed by atoms with Gasteiger partial charge in [0.25, 0.3) is 0 Å². The lowest BCUT2D eigenvalue weighted by atomic mass is 9.76. The lowest BCUT2D eigenvalue weighted by Gasteiger charge is -2.25. The molecule has 0 radical (unpaired) electrons. The molecule has 32 heavy (non-hydrogen) atoms. The SMILES string of the molecule is CS(=O)(=O)c1ccc(CC(Cc2ccc(CP(=O)(OF)OF)cc2)(C(=O)O)C(=O)O)cc1. The van der Waals surface area contributed by atoms with E-state index in [9.17, 15) is 41.8 Å². The van der Waals surface area contributed by atoms with Crippen LogP contribution >= 0.6 is 7.60 Å². The number of halogens is 2. The second kappa shape index (κ2) is 9.86. The Morgan fingerprint density at radius 1 is 0.875 bits per heavy atom. The van der Waals surface area contributed by atoms with Gasteiger partial charge in [0.1, 0.15) is 0 Å². The van der Waals surface area contributed by atoms with E-state index in [0.717, 1.165) is 6.26 Å². The maximum Gasteiger partial charge on any atom is 0.399 e. The van der Waals surface area contributed by atoms with Crippen LogP contribution in [0, 0.1) is 5.41 Å². The Balaban J connectivity index is 2.32. The molecule has 2 aromatic carbocycles. The molecule has 2 rings (SSSR count). The van der Waals surface area contributed by atoms with Gasteiger partial charge in [-0.3, -0.25) is 14.2 Å². The van der Waals surface area contributed by atoms with Gasteiger partial charge in [0.05, 0.1) is 11.1 Å². The molecule has 0 bridgehead atoms. The molecule has 0 amide bonds. The van der Waals surface area contributed by atoms with Crippen molar-refractivity contribution in [3.8, 4) is 0 Å². The van der Waals surface area contributed by atoms with Crippen molar-refractivity contribution in [3.63, 3.8) is 0 Å². The highest BCUT2D eigenvalue weighted by Gasteiger charge is 2.46. The zero-order chi connectivity index (χ0) is 24.2. The fourth-order valence-corrected chi connectivity index (χ4v) is 4.46. The first kappa shape index (κ1) is 25.6. The van der Waals surface area contributed by atoms with Gasteiger partial charge in [0.2, 0.25) is 0 Å². The predicted molar refractivity (Wildman–Crippen MR) is 107 cm³/mol. The van der Waals surface area contributed by atoms with Crippen molar-refractivity contribution in [2.24, 2.45) is 5.41 Å². The molecule has 13 heteroatoms. The van der Waals surface area contributed by atoms with E-state index in [1.807, 2.05) is 0 Å². The van der Waals surface area contributed by atoms with Crippen LogP contribution in [-0.2, 0) is 52.5 Å². The first-order valence-corrected chi connectivity index (χ1v) is 12.5. The Kier molecular flexibility index (Phi) is 7.89. The fraction of sp³-hybridized carbons (Fsp3) is 0.263. The van der Waals surface area contributed by atoms with Crippen LogP contribution < -0.4 is 0 Å². The molecule has 0 spiro atoms. The van der Waals surface area contributed by atoms with E-state index in [0.29, 0.717) is 5.56 Å². The largest absolute Gasteiger partial charge is 0.480 e. The predicted octanol–water partition coefficient (Wildman–Crippen LogP) is 3.53. The third kappa shape index (κ3) is 5.98. The topological polar surface area (TPSA) is 144 Å². The van der Waals surface area contributed by atoms with Crippen LogP contribution in [0.2, 0.25) is 0 Å². The van der Waals surface area contributed by atoms with Crippen molar-refractivity contribution in [3.05, 3.63) is 65.2 Å². The highest BCUT2D eigenvalue weighted by Crippen LogP contribution is 2.52. The fourth-order valence-electron chi connectivity index (χ4n) is 3.05. The van der Waals surface area contributed by atoms with Gasteiger partial charge in [-0.25, -0.2) is 8.42 Å². The number of hydrogen-bond donors (Lipinski definition) is 2. The molecule has 0 atom stereocenters. The smallest absolute Gasteiger partial charge is 0.399 e. The molecule has 0 unspecified atom stereocenters. The van der Waals surface area contributed by atoms with E-state index in [2.05, 4.69) is 9.46 Å². The number of carbonyl (C=O) groups is 2. The number of hydrogen-bond acceptors (Lipinski definition) is 7. The normalized spacial score (nSPS) is 12.5. The van der Waals surface area contributed by atoms with Gasteiger partial charge in [-0.2, -0.15) is 0 Å². The second-order valence-corrected chi connectivity index (χ2v) is 11.0. The summed E-state index contributed by atoms with van der Waals surface area (Å²) in [7, 11) is -8.10. The summed E-state index contributed by atoms with van der Waals surface area (Å²) < 4.78 is 65.1. The summed E-state index contributed by atoms with van der Waals surface area (Å²) in [5, 5.41) is 19.5. The standard InChI is InChI=1S/C19H19F2O9PS/c1-32(27,28)16-8-6-14(7-9-16)11-19(17(22)23,18(24)25)10-13-2-4-15(5-3-13)12-31(26,29-20)30-21/h2-9H,10-12H2,1H3,(H,22,23)(H,24,25). The molecule has 0 heterocycles. The van der Waals surface area contributed by atoms with Crippen molar-refractivity contribution in [1.29, 1.82) is 0 Å². The van der Waals surface area contributed by atoms with Crippen LogP contribution in [0.4, 0.5) is 9.05 Å². The van der Waals surface area contributed by atoms with E-state index in [1.165, 1.54) is 48.5 Å². The molecule has 0 aliphatic carbocycles. The van der Waals surface area contributed by atoms with Crippen LogP contribution in [0.5, 0.6) is 0 Å². The minimum absolute atomic E-state index is 0.0000966.